The molecule has 0 saturated carbocycles. The summed E-state index contributed by atoms with van der Waals surface area (Å²) in [5.41, 5.74) is 0.0249. The van der Waals surface area contributed by atoms with Crippen LogP contribution in [0.2, 0.25) is 5.02 Å². The smallest absolute Gasteiger partial charge is 0.119 e. The van der Waals surface area contributed by atoms with Gasteiger partial charge in [-0.2, -0.15) is 0 Å². The molecule has 1 atom stereocenters. The third kappa shape index (κ3) is 5.96. The minimum Gasteiger partial charge on any atom is -0.492 e. The van der Waals surface area contributed by atoms with Gasteiger partial charge in [0.2, 0.25) is 0 Å². The number of rotatable bonds is 9. The predicted molar refractivity (Wildman–Crippen MR) is 93.2 cm³/mol. The highest BCUT2D eigenvalue weighted by molar-refractivity contribution is 6.30. The number of piperidine rings is 1. The van der Waals surface area contributed by atoms with Crippen molar-refractivity contribution in [3.8, 4) is 5.75 Å². The van der Waals surface area contributed by atoms with Crippen LogP contribution in [0.15, 0.2) is 24.3 Å². The highest BCUT2D eigenvalue weighted by Crippen LogP contribution is 2.34. The normalized spacial score (nSPS) is 22.2. The quantitative estimate of drug-likeness (QED) is 0.700. The summed E-state index contributed by atoms with van der Waals surface area (Å²) in [6.07, 6.45) is 4.26. The van der Waals surface area contributed by atoms with E-state index in [0.717, 1.165) is 62.7 Å². The molecule has 1 saturated heterocycles. The number of aliphatic hydroxyl groups excluding tert-OH is 1. The van der Waals surface area contributed by atoms with Crippen molar-refractivity contribution in [3.63, 3.8) is 0 Å². The Kier molecular flexibility index (Phi) is 7.63. The lowest BCUT2D eigenvalue weighted by Crippen LogP contribution is -2.46. The van der Waals surface area contributed by atoms with Gasteiger partial charge in [0.05, 0.1) is 0 Å². The molecule has 0 aliphatic carbocycles. The van der Waals surface area contributed by atoms with Gasteiger partial charge in [0.25, 0.3) is 0 Å². The van der Waals surface area contributed by atoms with Crippen LogP contribution in [0, 0.1) is 5.41 Å². The van der Waals surface area contributed by atoms with Crippen LogP contribution in [0.1, 0.15) is 25.7 Å². The zero-order valence-corrected chi connectivity index (χ0v) is 14.7. The summed E-state index contributed by atoms with van der Waals surface area (Å²) in [4.78, 5) is 2.41. The van der Waals surface area contributed by atoms with Gasteiger partial charge in [0, 0.05) is 43.9 Å². The summed E-state index contributed by atoms with van der Waals surface area (Å²) in [5.74, 6) is 0.847. The molecule has 1 aliphatic rings. The second-order valence-corrected chi connectivity index (χ2v) is 6.87. The second-order valence-electron chi connectivity index (χ2n) is 6.44. The van der Waals surface area contributed by atoms with Crippen molar-refractivity contribution in [1.82, 2.24) is 4.90 Å². The maximum atomic E-state index is 9.88. The van der Waals surface area contributed by atoms with Crippen LogP contribution in [-0.4, -0.2) is 56.6 Å². The molecular weight excluding hydrogens is 314 g/mol. The number of hydrogen-bond donors (Lipinski definition) is 1. The van der Waals surface area contributed by atoms with Crippen LogP contribution in [0.3, 0.4) is 0 Å². The van der Waals surface area contributed by atoms with Crippen LogP contribution >= 0.6 is 11.6 Å². The zero-order valence-electron chi connectivity index (χ0n) is 14.0. The van der Waals surface area contributed by atoms with E-state index >= 15 is 0 Å². The lowest BCUT2D eigenvalue weighted by molar-refractivity contribution is 0.0147. The molecule has 1 aromatic carbocycles. The topological polar surface area (TPSA) is 41.9 Å². The maximum absolute atomic E-state index is 9.88. The first-order chi connectivity index (χ1) is 11.2. The largest absolute Gasteiger partial charge is 0.492 e. The number of likely N-dealkylation sites (tertiary alicyclic amines) is 1. The third-order valence-corrected chi connectivity index (χ3v) is 4.87. The number of halogens is 1. The second kappa shape index (κ2) is 9.48. The molecule has 4 nitrogen and oxygen atoms in total. The Hall–Kier alpha value is -0.810. The van der Waals surface area contributed by atoms with Crippen LogP contribution in [0.25, 0.3) is 0 Å². The number of hydrogen-bond acceptors (Lipinski definition) is 4. The maximum Gasteiger partial charge on any atom is 0.119 e. The molecular formula is C18H28ClNO3. The highest BCUT2D eigenvalue weighted by atomic mass is 35.5. The fourth-order valence-electron chi connectivity index (χ4n) is 3.33. The molecule has 1 aromatic rings. The van der Waals surface area contributed by atoms with E-state index < -0.39 is 0 Å². The molecule has 0 amide bonds. The van der Waals surface area contributed by atoms with Gasteiger partial charge in [0.15, 0.2) is 0 Å². The molecule has 1 heterocycles. The molecule has 0 unspecified atom stereocenters. The van der Waals surface area contributed by atoms with Crippen LogP contribution < -0.4 is 4.74 Å². The number of methoxy groups -OCH3 is 1. The van der Waals surface area contributed by atoms with E-state index in [9.17, 15) is 5.11 Å². The van der Waals surface area contributed by atoms with Gasteiger partial charge < -0.3 is 14.6 Å². The molecule has 1 N–H and O–H groups in total. The Morgan fingerprint density at radius 2 is 2.04 bits per heavy atom. The lowest BCUT2D eigenvalue weighted by Gasteiger charge is -2.42. The summed E-state index contributed by atoms with van der Waals surface area (Å²) < 4.78 is 10.9. The van der Waals surface area contributed by atoms with E-state index in [1.54, 1.807) is 7.11 Å². The van der Waals surface area contributed by atoms with Gasteiger partial charge in [-0.15, -0.1) is 0 Å². The van der Waals surface area contributed by atoms with Gasteiger partial charge in [-0.05, 0) is 56.5 Å². The minimum atomic E-state index is 0.0249. The average molecular weight is 342 g/mol. The Bertz CT molecular complexity index is 454. The minimum absolute atomic E-state index is 0.0249. The van der Waals surface area contributed by atoms with Crippen molar-refractivity contribution < 1.29 is 14.6 Å². The van der Waals surface area contributed by atoms with Crippen molar-refractivity contribution in [2.45, 2.75) is 25.7 Å². The molecule has 0 aromatic heterocycles. The van der Waals surface area contributed by atoms with Crippen molar-refractivity contribution >= 4 is 11.6 Å². The van der Waals surface area contributed by atoms with Crippen molar-refractivity contribution in [2.24, 2.45) is 5.41 Å². The first-order valence-corrected chi connectivity index (χ1v) is 8.76. The van der Waals surface area contributed by atoms with E-state index in [4.69, 9.17) is 21.1 Å². The SMILES string of the molecule is COCCC[C@]1(CO)CCCN(CCOc2ccc(Cl)cc2)C1. The first kappa shape index (κ1) is 18.5. The van der Waals surface area contributed by atoms with Crippen molar-refractivity contribution in [3.05, 3.63) is 29.3 Å². The molecule has 0 spiro atoms. The van der Waals surface area contributed by atoms with E-state index in [1.807, 2.05) is 24.3 Å². The lowest BCUT2D eigenvalue weighted by atomic mass is 9.77. The van der Waals surface area contributed by atoms with E-state index in [2.05, 4.69) is 4.90 Å². The van der Waals surface area contributed by atoms with Crippen molar-refractivity contribution in [2.75, 3.05) is 46.6 Å². The Morgan fingerprint density at radius 1 is 1.26 bits per heavy atom. The Labute approximate surface area is 144 Å². The summed E-state index contributed by atoms with van der Waals surface area (Å²) >= 11 is 5.87. The van der Waals surface area contributed by atoms with Crippen molar-refractivity contribution in [1.29, 1.82) is 0 Å². The summed E-state index contributed by atoms with van der Waals surface area (Å²) in [6, 6.07) is 7.46. The monoisotopic (exact) mass is 341 g/mol. The predicted octanol–water partition coefficient (Wildman–Crippen LogP) is 3.22. The van der Waals surface area contributed by atoms with E-state index in [0.29, 0.717) is 6.61 Å². The molecule has 0 radical (unpaired) electrons. The van der Waals surface area contributed by atoms with E-state index in [1.165, 1.54) is 0 Å². The summed E-state index contributed by atoms with van der Waals surface area (Å²) in [6.45, 7) is 4.58. The number of benzene rings is 1. The van der Waals surface area contributed by atoms with E-state index in [-0.39, 0.29) is 12.0 Å². The number of nitrogens with zero attached hydrogens (tertiary/aromatic N) is 1. The molecule has 1 fully saturated rings. The molecule has 23 heavy (non-hydrogen) atoms. The van der Waals surface area contributed by atoms with Crippen LogP contribution in [-0.2, 0) is 4.74 Å². The Morgan fingerprint density at radius 3 is 2.74 bits per heavy atom. The molecule has 2 rings (SSSR count). The van der Waals surface area contributed by atoms with Crippen LogP contribution in [0.4, 0.5) is 0 Å². The molecule has 5 heteroatoms. The summed E-state index contributed by atoms with van der Waals surface area (Å²) in [7, 11) is 1.73. The number of aliphatic hydroxyl groups is 1. The van der Waals surface area contributed by atoms with Gasteiger partial charge in [-0.1, -0.05) is 11.6 Å². The fourth-order valence-corrected chi connectivity index (χ4v) is 3.45. The van der Waals surface area contributed by atoms with Gasteiger partial charge in [0.1, 0.15) is 12.4 Å². The standard InChI is InChI=1S/C18H28ClNO3/c1-22-12-3-9-18(15-21)8-2-10-20(14-18)11-13-23-17-6-4-16(19)5-7-17/h4-7,21H,2-3,8-15H2,1H3/t18-/m1/s1. The van der Waals surface area contributed by atoms with Gasteiger partial charge in [-0.3, -0.25) is 4.90 Å². The third-order valence-electron chi connectivity index (χ3n) is 4.62. The molecule has 1 aliphatic heterocycles. The van der Waals surface area contributed by atoms with Crippen LogP contribution in [0.5, 0.6) is 5.75 Å². The molecule has 130 valence electrons. The summed E-state index contributed by atoms with van der Waals surface area (Å²) in [5, 5.41) is 10.6. The average Bonchev–Trinajstić information content (AvgIpc) is 2.57. The first-order valence-electron chi connectivity index (χ1n) is 8.38. The Balaban J connectivity index is 1.77. The fraction of sp³-hybridized carbons (Fsp3) is 0.667. The zero-order chi connectivity index (χ0) is 16.5. The molecule has 0 bridgehead atoms. The number of ether oxygens (including phenoxy) is 2. The highest BCUT2D eigenvalue weighted by Gasteiger charge is 2.34. The van der Waals surface area contributed by atoms with Gasteiger partial charge >= 0.3 is 0 Å². The van der Waals surface area contributed by atoms with Gasteiger partial charge in [-0.25, -0.2) is 0 Å².